The molecule has 0 heterocycles. The van der Waals surface area contributed by atoms with Crippen molar-refractivity contribution in [3.8, 4) is 0 Å². The summed E-state index contributed by atoms with van der Waals surface area (Å²) >= 11 is 0. The molecule has 0 amide bonds. The fourth-order valence-electron chi connectivity index (χ4n) is 2.12. The first-order chi connectivity index (χ1) is 9.16. The summed E-state index contributed by atoms with van der Waals surface area (Å²) in [5.74, 6) is 0. The highest BCUT2D eigenvalue weighted by Crippen LogP contribution is 2.27. The molecule has 0 saturated carbocycles. The maximum absolute atomic E-state index is 12.4. The Kier molecular flexibility index (Phi) is 5.56. The van der Waals surface area contributed by atoms with Gasteiger partial charge >= 0.3 is 0 Å². The maximum atomic E-state index is 12.4. The van der Waals surface area contributed by atoms with Gasteiger partial charge in [-0.15, -0.1) is 0 Å². The molecule has 0 aliphatic carbocycles. The largest absolute Gasteiger partial charge is 0.398 e. The van der Waals surface area contributed by atoms with E-state index in [1.54, 1.807) is 26.8 Å². The lowest BCUT2D eigenvalue weighted by Crippen LogP contribution is -2.27. The first-order valence-electron chi connectivity index (χ1n) is 6.70. The van der Waals surface area contributed by atoms with E-state index in [-0.39, 0.29) is 4.90 Å². The Morgan fingerprint density at radius 1 is 1.30 bits per heavy atom. The molecule has 1 aromatic carbocycles. The number of rotatable bonds is 6. The highest BCUT2D eigenvalue weighted by molar-refractivity contribution is 7.89. The third-order valence-corrected chi connectivity index (χ3v) is 5.17. The molecule has 0 radical (unpaired) electrons. The molecule has 114 valence electrons. The lowest BCUT2D eigenvalue weighted by molar-refractivity contribution is 0.182. The van der Waals surface area contributed by atoms with Crippen LogP contribution in [0.15, 0.2) is 11.0 Å². The van der Waals surface area contributed by atoms with Crippen LogP contribution in [0.25, 0.3) is 0 Å². The maximum Gasteiger partial charge on any atom is 0.241 e. The van der Waals surface area contributed by atoms with Crippen molar-refractivity contribution in [2.75, 3.05) is 12.3 Å². The molecule has 1 atom stereocenters. The number of anilines is 1. The molecule has 20 heavy (non-hydrogen) atoms. The molecular weight excluding hydrogens is 276 g/mol. The van der Waals surface area contributed by atoms with Gasteiger partial charge in [-0.25, -0.2) is 13.1 Å². The molecule has 1 rings (SSSR count). The summed E-state index contributed by atoms with van der Waals surface area (Å²) in [6, 6.07) is 1.79. The summed E-state index contributed by atoms with van der Waals surface area (Å²) in [4.78, 5) is 0.270. The van der Waals surface area contributed by atoms with Crippen LogP contribution in [-0.2, 0) is 10.0 Å². The number of hydrogen-bond donors (Lipinski definition) is 3. The van der Waals surface area contributed by atoms with Crippen LogP contribution in [0.2, 0.25) is 0 Å². The molecule has 0 aliphatic rings. The Morgan fingerprint density at radius 3 is 2.45 bits per heavy atom. The fraction of sp³-hybridized carbons (Fsp3) is 0.571. The highest BCUT2D eigenvalue weighted by atomic mass is 32.2. The topological polar surface area (TPSA) is 92.4 Å². The number of sulfonamides is 1. The van der Waals surface area contributed by atoms with Crippen molar-refractivity contribution in [2.45, 2.75) is 51.5 Å². The van der Waals surface area contributed by atoms with Gasteiger partial charge in [0.25, 0.3) is 0 Å². The first kappa shape index (κ1) is 16.9. The molecule has 6 heteroatoms. The van der Waals surface area contributed by atoms with Crippen LogP contribution in [0.4, 0.5) is 5.69 Å². The van der Waals surface area contributed by atoms with Crippen LogP contribution in [-0.4, -0.2) is 26.2 Å². The Balaban J connectivity index is 2.99. The zero-order valence-electron chi connectivity index (χ0n) is 12.5. The average molecular weight is 300 g/mol. The standard InChI is InChI=1S/C14H24N2O3S/c1-9-8-13(15)12(4)14(11(9)3)20(18,19)16-7-5-6-10(2)17/h8,10,16-17H,5-7,15H2,1-4H3. The summed E-state index contributed by atoms with van der Waals surface area (Å²) in [5, 5.41) is 9.17. The van der Waals surface area contributed by atoms with Gasteiger partial charge in [-0.1, -0.05) is 0 Å². The Labute approximate surface area is 121 Å². The number of nitrogen functional groups attached to an aromatic ring is 1. The van der Waals surface area contributed by atoms with Crippen molar-refractivity contribution in [3.05, 3.63) is 22.8 Å². The number of aliphatic hydroxyl groups excluding tert-OH is 1. The summed E-state index contributed by atoms with van der Waals surface area (Å²) in [6.45, 7) is 7.33. The molecule has 0 saturated heterocycles. The van der Waals surface area contributed by atoms with E-state index in [1.165, 1.54) is 0 Å². The van der Waals surface area contributed by atoms with Gasteiger partial charge in [0.1, 0.15) is 0 Å². The second-order valence-electron chi connectivity index (χ2n) is 5.25. The zero-order valence-corrected chi connectivity index (χ0v) is 13.3. The summed E-state index contributed by atoms with van der Waals surface area (Å²) in [7, 11) is -3.58. The Hall–Kier alpha value is -1.11. The van der Waals surface area contributed by atoms with Gasteiger partial charge in [-0.05, 0) is 63.3 Å². The molecule has 0 aliphatic heterocycles. The van der Waals surface area contributed by atoms with Crippen molar-refractivity contribution in [2.24, 2.45) is 0 Å². The van der Waals surface area contributed by atoms with Crippen LogP contribution in [0.1, 0.15) is 36.5 Å². The van der Waals surface area contributed by atoms with Crippen LogP contribution < -0.4 is 10.5 Å². The van der Waals surface area contributed by atoms with Crippen molar-refractivity contribution < 1.29 is 13.5 Å². The molecule has 0 bridgehead atoms. The minimum atomic E-state index is -3.58. The van der Waals surface area contributed by atoms with Gasteiger partial charge in [-0.2, -0.15) is 0 Å². The van der Waals surface area contributed by atoms with Gasteiger partial charge in [0, 0.05) is 12.2 Å². The van der Waals surface area contributed by atoms with Crippen LogP contribution in [0.5, 0.6) is 0 Å². The molecule has 4 N–H and O–H groups in total. The number of benzene rings is 1. The zero-order chi connectivity index (χ0) is 15.5. The molecule has 0 spiro atoms. The first-order valence-corrected chi connectivity index (χ1v) is 8.19. The van der Waals surface area contributed by atoms with Crippen LogP contribution in [0.3, 0.4) is 0 Å². The van der Waals surface area contributed by atoms with Crippen molar-refractivity contribution >= 4 is 15.7 Å². The van der Waals surface area contributed by atoms with Crippen molar-refractivity contribution in [1.29, 1.82) is 0 Å². The quantitative estimate of drug-likeness (QED) is 0.550. The van der Waals surface area contributed by atoms with Gasteiger partial charge in [-0.3, -0.25) is 0 Å². The van der Waals surface area contributed by atoms with Crippen molar-refractivity contribution in [1.82, 2.24) is 4.72 Å². The van der Waals surface area contributed by atoms with Crippen LogP contribution >= 0.6 is 0 Å². The van der Waals surface area contributed by atoms with Gasteiger partial charge < -0.3 is 10.8 Å². The summed E-state index contributed by atoms with van der Waals surface area (Å²) in [5.41, 5.74) is 8.50. The highest BCUT2D eigenvalue weighted by Gasteiger charge is 2.21. The third kappa shape index (κ3) is 3.94. The molecule has 1 unspecified atom stereocenters. The van der Waals surface area contributed by atoms with E-state index in [0.29, 0.717) is 30.6 Å². The molecule has 0 aromatic heterocycles. The van der Waals surface area contributed by atoms with E-state index < -0.39 is 16.1 Å². The predicted molar refractivity (Wildman–Crippen MR) is 81.2 cm³/mol. The van der Waals surface area contributed by atoms with E-state index in [0.717, 1.165) is 11.1 Å². The number of nitrogens with one attached hydrogen (secondary N) is 1. The average Bonchev–Trinajstić information content (AvgIpc) is 2.32. The van der Waals surface area contributed by atoms with Gasteiger partial charge in [0.05, 0.1) is 11.0 Å². The molecular formula is C14H24N2O3S. The molecule has 5 nitrogen and oxygen atoms in total. The second kappa shape index (κ2) is 6.56. The molecule has 1 aromatic rings. The van der Waals surface area contributed by atoms with E-state index in [2.05, 4.69) is 4.72 Å². The van der Waals surface area contributed by atoms with E-state index >= 15 is 0 Å². The second-order valence-corrected chi connectivity index (χ2v) is 6.95. The smallest absolute Gasteiger partial charge is 0.241 e. The van der Waals surface area contributed by atoms with E-state index in [1.807, 2.05) is 6.92 Å². The number of nitrogens with two attached hydrogens (primary N) is 1. The Bertz CT molecular complexity index is 554. The lowest BCUT2D eigenvalue weighted by atomic mass is 10.1. The summed E-state index contributed by atoms with van der Waals surface area (Å²) in [6.07, 6.45) is 0.741. The minimum absolute atomic E-state index is 0.270. The Morgan fingerprint density at radius 2 is 1.90 bits per heavy atom. The van der Waals surface area contributed by atoms with Crippen LogP contribution in [0, 0.1) is 20.8 Å². The molecule has 0 fully saturated rings. The third-order valence-electron chi connectivity index (χ3n) is 3.44. The van der Waals surface area contributed by atoms with E-state index in [9.17, 15) is 8.42 Å². The predicted octanol–water partition coefficient (Wildman–Crippen LogP) is 1.63. The van der Waals surface area contributed by atoms with Crippen molar-refractivity contribution in [3.63, 3.8) is 0 Å². The van der Waals surface area contributed by atoms with E-state index in [4.69, 9.17) is 10.8 Å². The summed E-state index contributed by atoms with van der Waals surface area (Å²) < 4.78 is 27.4. The van der Waals surface area contributed by atoms with Gasteiger partial charge in [0.2, 0.25) is 10.0 Å². The monoisotopic (exact) mass is 300 g/mol. The number of aliphatic hydroxyl groups is 1. The lowest BCUT2D eigenvalue weighted by Gasteiger charge is -2.16. The minimum Gasteiger partial charge on any atom is -0.398 e. The number of hydrogen-bond acceptors (Lipinski definition) is 4. The fourth-order valence-corrected chi connectivity index (χ4v) is 3.76. The van der Waals surface area contributed by atoms with Gasteiger partial charge in [0.15, 0.2) is 0 Å². The number of aryl methyl sites for hydroxylation is 1. The normalized spacial score (nSPS) is 13.4. The SMILES string of the molecule is Cc1cc(N)c(C)c(S(=O)(=O)NCCCC(C)O)c1C.